The molecule has 2 aliphatic rings. The molecule has 1 aliphatic heterocycles. The fourth-order valence-corrected chi connectivity index (χ4v) is 2.91. The molecule has 14 heavy (non-hydrogen) atoms. The number of halogens is 1. The molecule has 82 valence electrons. The highest BCUT2D eigenvalue weighted by Gasteiger charge is 2.33. The van der Waals surface area contributed by atoms with Crippen molar-refractivity contribution in [2.24, 2.45) is 0 Å². The van der Waals surface area contributed by atoms with Crippen LogP contribution in [0.2, 0.25) is 0 Å². The number of hydrogen-bond donors (Lipinski definition) is 1. The second-order valence-corrected chi connectivity index (χ2v) is 4.90. The zero-order chi connectivity index (χ0) is 9.86. The predicted molar refractivity (Wildman–Crippen MR) is 58.9 cm³/mol. The van der Waals surface area contributed by atoms with Crippen LogP contribution in [0.3, 0.4) is 0 Å². The molecule has 2 fully saturated rings. The molecule has 0 aromatic carbocycles. The summed E-state index contributed by atoms with van der Waals surface area (Å²) < 4.78 is 5.60. The quantitative estimate of drug-likeness (QED) is 0.730. The van der Waals surface area contributed by atoms with E-state index < -0.39 is 0 Å². The molecule has 2 nitrogen and oxygen atoms in total. The third-order valence-electron chi connectivity index (χ3n) is 3.55. The summed E-state index contributed by atoms with van der Waals surface area (Å²) in [4.78, 5) is 0. The highest BCUT2D eigenvalue weighted by atomic mass is 35.5. The Morgan fingerprint density at radius 2 is 2.07 bits per heavy atom. The number of hydrogen-bond acceptors (Lipinski definition) is 2. The van der Waals surface area contributed by atoms with E-state index in [9.17, 15) is 0 Å². The number of ether oxygens (including phenoxy) is 1. The highest BCUT2D eigenvalue weighted by Crippen LogP contribution is 2.30. The lowest BCUT2D eigenvalue weighted by atomic mass is 10.00. The standard InChI is InChI=1S/C11H20ClNO/c12-9-11(5-1-2-6-11)13-8-10-4-3-7-14-10/h10,13H,1-9H2. The van der Waals surface area contributed by atoms with Gasteiger partial charge in [-0.3, -0.25) is 0 Å². The summed E-state index contributed by atoms with van der Waals surface area (Å²) in [5.74, 6) is 0.750. The topological polar surface area (TPSA) is 21.3 Å². The van der Waals surface area contributed by atoms with Gasteiger partial charge in [-0.05, 0) is 25.7 Å². The lowest BCUT2D eigenvalue weighted by Crippen LogP contribution is -2.47. The van der Waals surface area contributed by atoms with Crippen molar-refractivity contribution in [3.05, 3.63) is 0 Å². The van der Waals surface area contributed by atoms with E-state index in [0.717, 1.165) is 19.0 Å². The van der Waals surface area contributed by atoms with Crippen molar-refractivity contribution in [3.8, 4) is 0 Å². The first-order chi connectivity index (χ1) is 6.85. The monoisotopic (exact) mass is 217 g/mol. The lowest BCUT2D eigenvalue weighted by molar-refractivity contribution is 0.102. The van der Waals surface area contributed by atoms with Crippen molar-refractivity contribution in [1.29, 1.82) is 0 Å². The van der Waals surface area contributed by atoms with Crippen LogP contribution in [-0.4, -0.2) is 30.7 Å². The number of nitrogens with one attached hydrogen (secondary N) is 1. The van der Waals surface area contributed by atoms with Gasteiger partial charge < -0.3 is 10.1 Å². The molecular weight excluding hydrogens is 198 g/mol. The van der Waals surface area contributed by atoms with Gasteiger partial charge in [-0.15, -0.1) is 11.6 Å². The van der Waals surface area contributed by atoms with E-state index in [1.54, 1.807) is 0 Å². The molecule has 2 rings (SSSR count). The maximum absolute atomic E-state index is 6.05. The maximum Gasteiger partial charge on any atom is 0.0700 e. The summed E-state index contributed by atoms with van der Waals surface area (Å²) >= 11 is 6.05. The summed E-state index contributed by atoms with van der Waals surface area (Å²) in [5.41, 5.74) is 0.230. The van der Waals surface area contributed by atoms with Gasteiger partial charge in [0.05, 0.1) is 6.10 Å². The van der Waals surface area contributed by atoms with Crippen molar-refractivity contribution in [3.63, 3.8) is 0 Å². The zero-order valence-corrected chi connectivity index (χ0v) is 9.48. The molecule has 0 bridgehead atoms. The Hall–Kier alpha value is 0.210. The normalized spacial score (nSPS) is 31.1. The summed E-state index contributed by atoms with van der Waals surface area (Å²) in [6, 6.07) is 0. The second kappa shape index (κ2) is 4.82. The molecule has 1 aliphatic carbocycles. The average Bonchev–Trinajstić information content (AvgIpc) is 2.87. The Labute approximate surface area is 91.3 Å². The summed E-state index contributed by atoms with van der Waals surface area (Å²) in [5, 5.41) is 3.63. The van der Waals surface area contributed by atoms with Crippen molar-refractivity contribution < 1.29 is 4.74 Å². The van der Waals surface area contributed by atoms with Gasteiger partial charge in [0.2, 0.25) is 0 Å². The van der Waals surface area contributed by atoms with Crippen molar-refractivity contribution in [2.45, 2.75) is 50.2 Å². The van der Waals surface area contributed by atoms with Crippen LogP contribution in [0.15, 0.2) is 0 Å². The van der Waals surface area contributed by atoms with E-state index in [4.69, 9.17) is 16.3 Å². The van der Waals surface area contributed by atoms with Crippen LogP contribution in [0.25, 0.3) is 0 Å². The van der Waals surface area contributed by atoms with E-state index in [-0.39, 0.29) is 5.54 Å². The number of alkyl halides is 1. The smallest absolute Gasteiger partial charge is 0.0700 e. The van der Waals surface area contributed by atoms with E-state index in [0.29, 0.717) is 6.10 Å². The van der Waals surface area contributed by atoms with E-state index >= 15 is 0 Å². The molecule has 0 spiro atoms. The third kappa shape index (κ3) is 2.41. The van der Waals surface area contributed by atoms with Crippen LogP contribution in [0.1, 0.15) is 38.5 Å². The first-order valence-corrected chi connectivity index (χ1v) is 6.31. The molecule has 0 aromatic heterocycles. The molecule has 3 heteroatoms. The van der Waals surface area contributed by atoms with Crippen molar-refractivity contribution in [1.82, 2.24) is 5.32 Å². The molecular formula is C11H20ClNO. The van der Waals surface area contributed by atoms with Gasteiger partial charge in [0.25, 0.3) is 0 Å². The minimum atomic E-state index is 0.230. The van der Waals surface area contributed by atoms with Gasteiger partial charge in [-0.1, -0.05) is 12.8 Å². The van der Waals surface area contributed by atoms with Gasteiger partial charge in [-0.2, -0.15) is 0 Å². The average molecular weight is 218 g/mol. The summed E-state index contributed by atoms with van der Waals surface area (Å²) in [6.45, 7) is 1.94. The largest absolute Gasteiger partial charge is 0.377 e. The Kier molecular flexibility index (Phi) is 3.69. The van der Waals surface area contributed by atoms with Gasteiger partial charge >= 0.3 is 0 Å². The fourth-order valence-electron chi connectivity index (χ4n) is 2.55. The summed E-state index contributed by atoms with van der Waals surface area (Å²) in [7, 11) is 0. The molecule has 1 atom stereocenters. The van der Waals surface area contributed by atoms with Crippen molar-refractivity contribution >= 4 is 11.6 Å². The second-order valence-electron chi connectivity index (χ2n) is 4.64. The molecule has 1 unspecified atom stereocenters. The number of rotatable bonds is 4. The molecule has 0 amide bonds. The zero-order valence-electron chi connectivity index (χ0n) is 8.73. The van der Waals surface area contributed by atoms with Gasteiger partial charge in [0.1, 0.15) is 0 Å². The Morgan fingerprint density at radius 1 is 1.29 bits per heavy atom. The Bertz CT molecular complexity index is 174. The predicted octanol–water partition coefficient (Wildman–Crippen LogP) is 2.31. The van der Waals surface area contributed by atoms with Crippen molar-refractivity contribution in [2.75, 3.05) is 19.0 Å². The van der Waals surface area contributed by atoms with Crippen LogP contribution in [0.5, 0.6) is 0 Å². The minimum absolute atomic E-state index is 0.230. The molecule has 0 aromatic rings. The summed E-state index contributed by atoms with van der Waals surface area (Å²) in [6.07, 6.45) is 8.00. The Morgan fingerprint density at radius 3 is 2.64 bits per heavy atom. The third-order valence-corrected chi connectivity index (χ3v) is 4.06. The van der Waals surface area contributed by atoms with Crippen LogP contribution >= 0.6 is 11.6 Å². The van der Waals surface area contributed by atoms with Crippen LogP contribution in [0, 0.1) is 0 Å². The Balaban J connectivity index is 1.76. The van der Waals surface area contributed by atoms with Crippen LogP contribution in [-0.2, 0) is 4.74 Å². The highest BCUT2D eigenvalue weighted by molar-refractivity contribution is 6.18. The molecule has 1 heterocycles. The van der Waals surface area contributed by atoms with Gasteiger partial charge in [0.15, 0.2) is 0 Å². The van der Waals surface area contributed by atoms with E-state index in [1.165, 1.54) is 38.5 Å². The first-order valence-electron chi connectivity index (χ1n) is 5.77. The fraction of sp³-hybridized carbons (Fsp3) is 1.00. The maximum atomic E-state index is 6.05. The molecule has 1 saturated heterocycles. The van der Waals surface area contributed by atoms with Gasteiger partial charge in [-0.25, -0.2) is 0 Å². The first kappa shape index (κ1) is 10.7. The lowest BCUT2D eigenvalue weighted by Gasteiger charge is -2.29. The van der Waals surface area contributed by atoms with E-state index in [2.05, 4.69) is 5.32 Å². The molecule has 0 radical (unpaired) electrons. The minimum Gasteiger partial charge on any atom is -0.377 e. The van der Waals surface area contributed by atoms with E-state index in [1.807, 2.05) is 0 Å². The van der Waals surface area contributed by atoms with Gasteiger partial charge in [0, 0.05) is 24.6 Å². The SMILES string of the molecule is ClCC1(NCC2CCCO2)CCCC1. The molecule has 1 saturated carbocycles. The van der Waals surface area contributed by atoms with Crippen LogP contribution in [0.4, 0.5) is 0 Å². The van der Waals surface area contributed by atoms with Crippen LogP contribution < -0.4 is 5.32 Å². The molecule has 1 N–H and O–H groups in total.